The number of benzene rings is 1. The Hall–Kier alpha value is -1.35. The molecule has 0 amide bonds. The summed E-state index contributed by atoms with van der Waals surface area (Å²) in [6.45, 7) is 5.42. The van der Waals surface area contributed by atoms with E-state index in [1.54, 1.807) is 0 Å². The Balaban J connectivity index is 2.37. The van der Waals surface area contributed by atoms with Crippen molar-refractivity contribution >= 4 is 11.0 Å². The van der Waals surface area contributed by atoms with Crippen molar-refractivity contribution in [3.8, 4) is 0 Å². The summed E-state index contributed by atoms with van der Waals surface area (Å²) in [6.07, 6.45) is 0. The Kier molecular flexibility index (Phi) is 3.25. The zero-order valence-corrected chi connectivity index (χ0v) is 10.1. The summed E-state index contributed by atoms with van der Waals surface area (Å²) < 4.78 is 0. The molecule has 3 nitrogen and oxygen atoms in total. The summed E-state index contributed by atoms with van der Waals surface area (Å²) in [5, 5.41) is 3.23. The molecule has 0 saturated heterocycles. The standard InChI is InChI=1S/C13H19N3/c1-9(2)10(8-14-3)13-15-11-6-4-5-7-12(11)16-13/h4-7,9-10,14H,8H2,1-3H3,(H,15,16). The van der Waals surface area contributed by atoms with Gasteiger partial charge in [-0.15, -0.1) is 0 Å². The van der Waals surface area contributed by atoms with Crippen molar-refractivity contribution in [2.24, 2.45) is 5.92 Å². The third-order valence-corrected chi connectivity index (χ3v) is 2.99. The average Bonchev–Trinajstić information content (AvgIpc) is 2.68. The Bertz CT molecular complexity index is 426. The summed E-state index contributed by atoms with van der Waals surface area (Å²) in [4.78, 5) is 8.07. The van der Waals surface area contributed by atoms with Crippen molar-refractivity contribution in [2.75, 3.05) is 13.6 Å². The molecule has 0 aliphatic carbocycles. The zero-order chi connectivity index (χ0) is 11.5. The summed E-state index contributed by atoms with van der Waals surface area (Å²) >= 11 is 0. The van der Waals surface area contributed by atoms with Crippen LogP contribution in [0.1, 0.15) is 25.6 Å². The van der Waals surface area contributed by atoms with Crippen molar-refractivity contribution in [3.05, 3.63) is 30.1 Å². The third-order valence-electron chi connectivity index (χ3n) is 2.99. The van der Waals surface area contributed by atoms with Crippen LogP contribution in [0.5, 0.6) is 0 Å². The first-order valence-electron chi connectivity index (χ1n) is 5.81. The number of H-pyrrole nitrogens is 1. The molecule has 0 fully saturated rings. The third kappa shape index (κ3) is 2.09. The predicted molar refractivity (Wildman–Crippen MR) is 67.6 cm³/mol. The maximum absolute atomic E-state index is 4.66. The minimum Gasteiger partial charge on any atom is -0.342 e. The van der Waals surface area contributed by atoms with Gasteiger partial charge < -0.3 is 10.3 Å². The predicted octanol–water partition coefficient (Wildman–Crippen LogP) is 2.52. The molecule has 0 aliphatic heterocycles. The van der Waals surface area contributed by atoms with E-state index in [1.807, 2.05) is 25.2 Å². The van der Waals surface area contributed by atoms with Gasteiger partial charge in [-0.1, -0.05) is 26.0 Å². The van der Waals surface area contributed by atoms with Crippen LogP contribution in [0.15, 0.2) is 24.3 Å². The van der Waals surface area contributed by atoms with Crippen molar-refractivity contribution < 1.29 is 0 Å². The van der Waals surface area contributed by atoms with E-state index in [-0.39, 0.29) is 0 Å². The number of hydrogen-bond acceptors (Lipinski definition) is 2. The molecule has 0 aliphatic rings. The van der Waals surface area contributed by atoms with E-state index in [9.17, 15) is 0 Å². The highest BCUT2D eigenvalue weighted by molar-refractivity contribution is 5.74. The van der Waals surface area contributed by atoms with Crippen LogP contribution in [0, 0.1) is 5.92 Å². The van der Waals surface area contributed by atoms with Crippen molar-refractivity contribution in [1.82, 2.24) is 15.3 Å². The van der Waals surface area contributed by atoms with Crippen LogP contribution in [0.4, 0.5) is 0 Å². The van der Waals surface area contributed by atoms with E-state index >= 15 is 0 Å². The van der Waals surface area contributed by atoms with Crippen LogP contribution < -0.4 is 5.32 Å². The fourth-order valence-corrected chi connectivity index (χ4v) is 2.02. The average molecular weight is 217 g/mol. The summed E-state index contributed by atoms with van der Waals surface area (Å²) in [5.41, 5.74) is 2.18. The lowest BCUT2D eigenvalue weighted by Gasteiger charge is -2.17. The van der Waals surface area contributed by atoms with Crippen molar-refractivity contribution in [1.29, 1.82) is 0 Å². The van der Waals surface area contributed by atoms with E-state index in [1.165, 1.54) is 0 Å². The second-order valence-electron chi connectivity index (χ2n) is 4.55. The zero-order valence-electron chi connectivity index (χ0n) is 10.1. The molecule has 0 radical (unpaired) electrons. The number of nitrogens with one attached hydrogen (secondary N) is 2. The number of hydrogen-bond donors (Lipinski definition) is 2. The van der Waals surface area contributed by atoms with Gasteiger partial charge in [-0.05, 0) is 25.1 Å². The number of fused-ring (bicyclic) bond motifs is 1. The maximum Gasteiger partial charge on any atom is 0.111 e. The van der Waals surface area contributed by atoms with E-state index in [0.29, 0.717) is 11.8 Å². The van der Waals surface area contributed by atoms with Gasteiger partial charge in [-0.25, -0.2) is 4.98 Å². The molecule has 1 heterocycles. The Morgan fingerprint density at radius 2 is 2.06 bits per heavy atom. The van der Waals surface area contributed by atoms with Gasteiger partial charge in [0.2, 0.25) is 0 Å². The van der Waals surface area contributed by atoms with Crippen LogP contribution in [-0.2, 0) is 0 Å². The topological polar surface area (TPSA) is 40.7 Å². The molecule has 2 aromatic rings. The molecule has 0 spiro atoms. The van der Waals surface area contributed by atoms with Crippen LogP contribution in [0.3, 0.4) is 0 Å². The molecule has 2 rings (SSSR count). The Morgan fingerprint density at radius 3 is 2.69 bits per heavy atom. The van der Waals surface area contributed by atoms with Crippen LogP contribution in [0.25, 0.3) is 11.0 Å². The lowest BCUT2D eigenvalue weighted by atomic mass is 9.95. The van der Waals surface area contributed by atoms with E-state index < -0.39 is 0 Å². The van der Waals surface area contributed by atoms with Gasteiger partial charge in [-0.3, -0.25) is 0 Å². The van der Waals surface area contributed by atoms with E-state index in [4.69, 9.17) is 0 Å². The smallest absolute Gasteiger partial charge is 0.111 e. The number of nitrogens with zero attached hydrogens (tertiary/aromatic N) is 1. The molecular formula is C13H19N3. The molecule has 3 heteroatoms. The molecule has 2 N–H and O–H groups in total. The summed E-state index contributed by atoms with van der Waals surface area (Å²) in [6, 6.07) is 8.18. The number of para-hydroxylation sites is 2. The highest BCUT2D eigenvalue weighted by Crippen LogP contribution is 2.23. The molecule has 1 atom stereocenters. The fraction of sp³-hybridized carbons (Fsp3) is 0.462. The molecule has 1 aromatic heterocycles. The van der Waals surface area contributed by atoms with Crippen LogP contribution in [-0.4, -0.2) is 23.6 Å². The minimum atomic E-state index is 0.442. The van der Waals surface area contributed by atoms with Gasteiger partial charge in [0.05, 0.1) is 11.0 Å². The Morgan fingerprint density at radius 1 is 1.31 bits per heavy atom. The molecule has 0 bridgehead atoms. The van der Waals surface area contributed by atoms with E-state index in [2.05, 4.69) is 35.2 Å². The first-order chi connectivity index (χ1) is 7.72. The number of aromatic nitrogens is 2. The summed E-state index contributed by atoms with van der Waals surface area (Å²) in [7, 11) is 1.98. The quantitative estimate of drug-likeness (QED) is 0.826. The largest absolute Gasteiger partial charge is 0.342 e. The number of likely N-dealkylation sites (N-methyl/N-ethyl adjacent to an activating group) is 1. The highest BCUT2D eigenvalue weighted by atomic mass is 14.9. The molecule has 1 unspecified atom stereocenters. The number of imidazole rings is 1. The minimum absolute atomic E-state index is 0.442. The molecule has 16 heavy (non-hydrogen) atoms. The Labute approximate surface area is 96.3 Å². The lowest BCUT2D eigenvalue weighted by Crippen LogP contribution is -2.22. The second-order valence-corrected chi connectivity index (χ2v) is 4.55. The van der Waals surface area contributed by atoms with Gasteiger partial charge >= 0.3 is 0 Å². The van der Waals surface area contributed by atoms with Crippen LogP contribution in [0.2, 0.25) is 0 Å². The SMILES string of the molecule is CNCC(c1nc2ccccc2[nH]1)C(C)C. The molecular weight excluding hydrogens is 198 g/mol. The molecule has 86 valence electrons. The fourth-order valence-electron chi connectivity index (χ4n) is 2.02. The first-order valence-corrected chi connectivity index (χ1v) is 5.81. The molecule has 1 aromatic carbocycles. The van der Waals surface area contributed by atoms with Gasteiger partial charge in [-0.2, -0.15) is 0 Å². The van der Waals surface area contributed by atoms with Crippen molar-refractivity contribution in [2.45, 2.75) is 19.8 Å². The number of aromatic amines is 1. The summed E-state index contributed by atoms with van der Waals surface area (Å²) in [5.74, 6) is 2.11. The monoisotopic (exact) mass is 217 g/mol. The lowest BCUT2D eigenvalue weighted by molar-refractivity contribution is 0.462. The van der Waals surface area contributed by atoms with Crippen molar-refractivity contribution in [3.63, 3.8) is 0 Å². The van der Waals surface area contributed by atoms with Gasteiger partial charge in [0, 0.05) is 12.5 Å². The molecule has 0 saturated carbocycles. The van der Waals surface area contributed by atoms with Gasteiger partial charge in [0.1, 0.15) is 5.82 Å². The number of rotatable bonds is 4. The highest BCUT2D eigenvalue weighted by Gasteiger charge is 2.18. The first kappa shape index (κ1) is 11.1. The van der Waals surface area contributed by atoms with E-state index in [0.717, 1.165) is 23.4 Å². The van der Waals surface area contributed by atoms with Gasteiger partial charge in [0.15, 0.2) is 0 Å². The van der Waals surface area contributed by atoms with Crippen LogP contribution >= 0.6 is 0 Å². The second kappa shape index (κ2) is 4.66. The van der Waals surface area contributed by atoms with Gasteiger partial charge in [0.25, 0.3) is 0 Å². The normalized spacial score (nSPS) is 13.5. The maximum atomic E-state index is 4.66.